The number of pyridine rings is 1. The van der Waals surface area contributed by atoms with Crippen LogP contribution in [-0.4, -0.2) is 10.9 Å². The van der Waals surface area contributed by atoms with Gasteiger partial charge in [-0.15, -0.1) is 0 Å². The van der Waals surface area contributed by atoms with E-state index in [1.165, 1.54) is 15.9 Å². The minimum absolute atomic E-state index is 0.142. The number of aromatic nitrogens is 1. The average molecular weight is 535 g/mol. The highest BCUT2D eigenvalue weighted by atomic mass is 31.1. The number of ether oxygens (including phenoxy) is 1. The van der Waals surface area contributed by atoms with E-state index in [2.05, 4.69) is 133 Å². The Labute approximate surface area is 235 Å². The fourth-order valence-corrected chi connectivity index (χ4v) is 7.76. The van der Waals surface area contributed by atoms with E-state index >= 15 is 0 Å². The van der Waals surface area contributed by atoms with Crippen LogP contribution in [0.3, 0.4) is 0 Å². The van der Waals surface area contributed by atoms with Crippen LogP contribution < -0.4 is 15.9 Å². The standard InChI is InChI=1S/C36H27N2OP/c1-5-14-26(15-6-1)34-35(28-16-7-2-8-17-28)39-36(38-34)31-25-24-27-18-13-23-32(33(27)37-31)40(29-19-9-3-10-20-29)30-21-11-4-12-22-30/h1-25,34-35H/t34-,35+/m1/s1. The summed E-state index contributed by atoms with van der Waals surface area (Å²) in [6, 6.07) is 52.8. The van der Waals surface area contributed by atoms with E-state index in [-0.39, 0.29) is 12.1 Å². The van der Waals surface area contributed by atoms with Crippen LogP contribution in [0.5, 0.6) is 0 Å². The number of hydrogen-bond donors (Lipinski definition) is 0. The number of benzene rings is 5. The second kappa shape index (κ2) is 10.9. The number of nitrogens with zero attached hydrogens (tertiary/aromatic N) is 2. The first kappa shape index (κ1) is 24.5. The number of para-hydroxylation sites is 1. The monoisotopic (exact) mass is 534 g/mol. The highest BCUT2D eigenvalue weighted by Crippen LogP contribution is 2.41. The summed E-state index contributed by atoms with van der Waals surface area (Å²) < 4.78 is 6.61. The normalized spacial score (nSPS) is 16.6. The Bertz CT molecular complexity index is 1730. The third-order valence-electron chi connectivity index (χ3n) is 7.24. The first-order valence-electron chi connectivity index (χ1n) is 13.5. The summed E-state index contributed by atoms with van der Waals surface area (Å²) >= 11 is 0. The SMILES string of the molecule is c1ccc([C@H]2N=C(c3ccc4cccc(P(c5ccccc5)c5ccccc5)c4n3)O[C@H]2c2ccccc2)cc1. The van der Waals surface area contributed by atoms with E-state index in [4.69, 9.17) is 14.7 Å². The van der Waals surface area contributed by atoms with E-state index in [1.54, 1.807) is 0 Å². The lowest BCUT2D eigenvalue weighted by Gasteiger charge is -2.21. The molecule has 4 heteroatoms. The molecule has 7 rings (SSSR count). The van der Waals surface area contributed by atoms with Crippen LogP contribution in [0.2, 0.25) is 0 Å². The topological polar surface area (TPSA) is 34.5 Å². The zero-order chi connectivity index (χ0) is 26.7. The Morgan fingerprint density at radius 2 is 1.10 bits per heavy atom. The third-order valence-corrected chi connectivity index (χ3v) is 9.71. The Morgan fingerprint density at radius 1 is 0.525 bits per heavy atom. The van der Waals surface area contributed by atoms with Gasteiger partial charge in [-0.05, 0) is 35.7 Å². The number of rotatable bonds is 6. The molecule has 6 aromatic rings. The van der Waals surface area contributed by atoms with Crippen molar-refractivity contribution in [2.45, 2.75) is 12.1 Å². The fraction of sp³-hybridized carbons (Fsp3) is 0.0556. The van der Waals surface area contributed by atoms with Gasteiger partial charge in [0, 0.05) is 10.7 Å². The summed E-state index contributed by atoms with van der Waals surface area (Å²) in [6.45, 7) is 0. The summed E-state index contributed by atoms with van der Waals surface area (Å²) in [5.74, 6) is 0.586. The Morgan fingerprint density at radius 3 is 1.73 bits per heavy atom. The Hall–Kier alpha value is -4.59. The van der Waals surface area contributed by atoms with Crippen LogP contribution in [0, 0.1) is 0 Å². The molecular weight excluding hydrogens is 507 g/mol. The van der Waals surface area contributed by atoms with Gasteiger partial charge in [0.2, 0.25) is 5.90 Å². The van der Waals surface area contributed by atoms with Gasteiger partial charge in [-0.2, -0.15) is 0 Å². The van der Waals surface area contributed by atoms with Gasteiger partial charge in [-0.3, -0.25) is 0 Å². The van der Waals surface area contributed by atoms with Crippen molar-refractivity contribution in [3.63, 3.8) is 0 Å². The van der Waals surface area contributed by atoms with Crippen LogP contribution in [0.25, 0.3) is 10.9 Å². The van der Waals surface area contributed by atoms with Gasteiger partial charge in [0.1, 0.15) is 11.7 Å². The second-order valence-corrected chi connectivity index (χ2v) is 12.0. The van der Waals surface area contributed by atoms with Crippen LogP contribution in [0.1, 0.15) is 29.0 Å². The summed E-state index contributed by atoms with van der Waals surface area (Å²) in [4.78, 5) is 10.4. The van der Waals surface area contributed by atoms with Crippen LogP contribution in [0.4, 0.5) is 0 Å². The maximum Gasteiger partial charge on any atom is 0.236 e. The van der Waals surface area contributed by atoms with Crippen molar-refractivity contribution in [2.24, 2.45) is 4.99 Å². The van der Waals surface area contributed by atoms with Crippen LogP contribution >= 0.6 is 7.92 Å². The maximum absolute atomic E-state index is 6.61. The van der Waals surface area contributed by atoms with Gasteiger partial charge in [-0.25, -0.2) is 9.98 Å². The van der Waals surface area contributed by atoms with Crippen molar-refractivity contribution in [1.29, 1.82) is 0 Å². The molecule has 2 heterocycles. The van der Waals surface area contributed by atoms with Crippen molar-refractivity contribution >= 4 is 40.6 Å². The molecule has 1 aliphatic heterocycles. The number of fused-ring (bicyclic) bond motifs is 1. The Balaban J connectivity index is 1.35. The highest BCUT2D eigenvalue weighted by molar-refractivity contribution is 7.80. The molecule has 0 unspecified atom stereocenters. The molecule has 1 aromatic heterocycles. The first-order valence-corrected chi connectivity index (χ1v) is 14.8. The van der Waals surface area contributed by atoms with Crippen molar-refractivity contribution in [1.82, 2.24) is 4.98 Å². The average Bonchev–Trinajstić information content (AvgIpc) is 3.49. The van der Waals surface area contributed by atoms with Gasteiger partial charge in [0.05, 0.1) is 5.52 Å². The van der Waals surface area contributed by atoms with E-state index in [0.29, 0.717) is 5.90 Å². The molecule has 0 fully saturated rings. The van der Waals surface area contributed by atoms with Gasteiger partial charge in [-0.1, -0.05) is 146 Å². The molecule has 0 saturated heterocycles. The minimum Gasteiger partial charge on any atom is -0.465 e. The largest absolute Gasteiger partial charge is 0.465 e. The molecule has 2 atom stereocenters. The molecule has 5 aromatic carbocycles. The molecule has 0 amide bonds. The molecular formula is C36H27N2OP. The lowest BCUT2D eigenvalue weighted by Crippen LogP contribution is -2.22. The summed E-state index contributed by atoms with van der Waals surface area (Å²) in [7, 11) is -0.803. The molecule has 1 aliphatic rings. The predicted molar refractivity (Wildman–Crippen MR) is 166 cm³/mol. The number of hydrogen-bond acceptors (Lipinski definition) is 3. The molecule has 0 spiro atoms. The van der Waals surface area contributed by atoms with Gasteiger partial charge in [0.25, 0.3) is 0 Å². The molecule has 3 nitrogen and oxygen atoms in total. The first-order chi connectivity index (χ1) is 19.8. The van der Waals surface area contributed by atoms with Crippen molar-refractivity contribution in [3.05, 3.63) is 168 Å². The third kappa shape index (κ3) is 4.70. The van der Waals surface area contributed by atoms with Gasteiger partial charge in [0.15, 0.2) is 6.10 Å². The van der Waals surface area contributed by atoms with Gasteiger partial charge >= 0.3 is 0 Å². The molecule has 0 saturated carbocycles. The fourth-order valence-electron chi connectivity index (χ4n) is 5.34. The maximum atomic E-state index is 6.61. The van der Waals surface area contributed by atoms with Crippen LogP contribution in [-0.2, 0) is 4.74 Å². The zero-order valence-corrected chi connectivity index (χ0v) is 22.7. The summed E-state index contributed by atoms with van der Waals surface area (Å²) in [6.07, 6.45) is -0.211. The zero-order valence-electron chi connectivity index (χ0n) is 21.8. The quantitative estimate of drug-likeness (QED) is 0.211. The second-order valence-electron chi connectivity index (χ2n) is 9.79. The highest BCUT2D eigenvalue weighted by Gasteiger charge is 2.34. The van der Waals surface area contributed by atoms with Crippen molar-refractivity contribution in [2.75, 3.05) is 0 Å². The van der Waals surface area contributed by atoms with Gasteiger partial charge < -0.3 is 4.74 Å². The Kier molecular flexibility index (Phi) is 6.65. The molecule has 0 aliphatic carbocycles. The smallest absolute Gasteiger partial charge is 0.236 e. The molecule has 192 valence electrons. The minimum atomic E-state index is -0.803. The van der Waals surface area contributed by atoms with Crippen molar-refractivity contribution < 1.29 is 4.74 Å². The van der Waals surface area contributed by atoms with E-state index in [1.807, 2.05) is 18.2 Å². The lowest BCUT2D eigenvalue weighted by atomic mass is 9.97. The molecule has 0 bridgehead atoms. The van der Waals surface area contributed by atoms with Crippen LogP contribution in [0.15, 0.2) is 157 Å². The van der Waals surface area contributed by atoms with E-state index in [0.717, 1.165) is 27.7 Å². The molecule has 0 radical (unpaired) electrons. The van der Waals surface area contributed by atoms with E-state index in [9.17, 15) is 0 Å². The molecule has 0 N–H and O–H groups in total. The molecule has 40 heavy (non-hydrogen) atoms. The van der Waals surface area contributed by atoms with E-state index < -0.39 is 7.92 Å². The lowest BCUT2D eigenvalue weighted by molar-refractivity contribution is 0.196. The summed E-state index contributed by atoms with van der Waals surface area (Å²) in [5, 5.41) is 4.93. The van der Waals surface area contributed by atoms with Crippen molar-refractivity contribution in [3.8, 4) is 0 Å². The predicted octanol–water partition coefficient (Wildman–Crippen LogP) is 7.25. The summed E-state index contributed by atoms with van der Waals surface area (Å²) in [5.41, 5.74) is 3.98. The number of aliphatic imine (C=N–C) groups is 1.